The molecule has 0 unspecified atom stereocenters. The first-order chi connectivity index (χ1) is 12.5. The van der Waals surface area contributed by atoms with Gasteiger partial charge < -0.3 is 14.2 Å². The molecule has 0 saturated carbocycles. The summed E-state index contributed by atoms with van der Waals surface area (Å²) in [4.78, 5) is 34.8. The number of halogens is 1. The predicted molar refractivity (Wildman–Crippen MR) is 95.1 cm³/mol. The average Bonchev–Trinajstić information content (AvgIpc) is 2.66. The molecule has 0 N–H and O–H groups in total. The van der Waals surface area contributed by atoms with E-state index in [1.807, 2.05) is 0 Å². The third kappa shape index (κ3) is 4.57. The predicted octanol–water partition coefficient (Wildman–Crippen LogP) is 3.37. The van der Waals surface area contributed by atoms with Crippen molar-refractivity contribution in [1.82, 2.24) is 0 Å². The molecule has 2 rings (SSSR count). The first-order valence-corrected chi connectivity index (χ1v) is 8.46. The molecule has 9 heteroatoms. The largest absolute Gasteiger partial charge is 0.488 e. The van der Waals surface area contributed by atoms with Gasteiger partial charge >= 0.3 is 11.9 Å². The van der Waals surface area contributed by atoms with E-state index in [2.05, 4.69) is 20.7 Å². The lowest BCUT2D eigenvalue weighted by atomic mass is 10.1. The molecule has 0 aliphatic rings. The molecule has 0 bridgehead atoms. The topological polar surface area (TPSA) is 105 Å². The lowest BCUT2D eigenvalue weighted by molar-refractivity contribution is -0.385. The van der Waals surface area contributed by atoms with Gasteiger partial charge in [0.2, 0.25) is 0 Å². The Morgan fingerprint density at radius 3 is 2.42 bits per heavy atom. The van der Waals surface area contributed by atoms with E-state index in [4.69, 9.17) is 9.47 Å². The van der Waals surface area contributed by atoms with E-state index in [1.54, 1.807) is 18.2 Å². The van der Waals surface area contributed by atoms with Crippen LogP contribution in [-0.4, -0.2) is 35.9 Å². The van der Waals surface area contributed by atoms with Crippen LogP contribution in [0, 0.1) is 10.1 Å². The Balaban J connectivity index is 2.52. The number of hydrogen-bond acceptors (Lipinski definition) is 7. The van der Waals surface area contributed by atoms with Crippen LogP contribution in [0.4, 0.5) is 5.69 Å². The molecule has 136 valence electrons. The number of nitro benzene ring substituents is 1. The zero-order valence-corrected chi connectivity index (χ0v) is 15.2. The highest BCUT2D eigenvalue weighted by Gasteiger charge is 2.26. The summed E-state index contributed by atoms with van der Waals surface area (Å²) < 4.78 is 15.4. The number of carbonyl (C=O) groups excluding carboxylic acids is 2. The summed E-state index contributed by atoms with van der Waals surface area (Å²) >= 11 is 3.18. The van der Waals surface area contributed by atoms with Gasteiger partial charge in [0.15, 0.2) is 11.5 Å². The van der Waals surface area contributed by atoms with Crippen molar-refractivity contribution in [3.05, 3.63) is 63.7 Å². The summed E-state index contributed by atoms with van der Waals surface area (Å²) in [5, 5.41) is 11.6. The molecule has 0 heterocycles. The molecule has 0 atom stereocenters. The number of benzene rings is 2. The molecule has 0 fully saturated rings. The van der Waals surface area contributed by atoms with E-state index in [1.165, 1.54) is 12.1 Å². The van der Waals surface area contributed by atoms with Crippen molar-refractivity contribution in [2.45, 2.75) is 0 Å². The van der Waals surface area contributed by atoms with Crippen LogP contribution in [0.5, 0.6) is 11.5 Å². The van der Waals surface area contributed by atoms with Crippen molar-refractivity contribution in [3.8, 4) is 11.5 Å². The van der Waals surface area contributed by atoms with Crippen LogP contribution in [0.15, 0.2) is 42.5 Å². The van der Waals surface area contributed by atoms with Crippen LogP contribution < -0.4 is 9.47 Å². The molecule has 2 aromatic carbocycles. The fourth-order valence-electron chi connectivity index (χ4n) is 2.05. The van der Waals surface area contributed by atoms with Gasteiger partial charge in [-0.15, -0.1) is 0 Å². The summed E-state index contributed by atoms with van der Waals surface area (Å²) in [6, 6.07) is 10.1. The van der Waals surface area contributed by atoms with E-state index >= 15 is 0 Å². The molecule has 0 saturated heterocycles. The maximum Gasteiger partial charge on any atom is 0.343 e. The second-order valence-corrected chi connectivity index (χ2v) is 5.66. The van der Waals surface area contributed by atoms with E-state index in [0.717, 1.165) is 19.2 Å². The van der Waals surface area contributed by atoms with Gasteiger partial charge in [0.1, 0.15) is 5.56 Å². The van der Waals surface area contributed by atoms with Gasteiger partial charge in [0.05, 0.1) is 30.3 Å². The number of methoxy groups -OCH3 is 1. The number of non-ortho nitro benzene ring substituents is 1. The number of rotatable bonds is 7. The maximum absolute atomic E-state index is 12.3. The molecule has 0 aliphatic heterocycles. The van der Waals surface area contributed by atoms with Crippen LogP contribution >= 0.6 is 15.9 Å². The van der Waals surface area contributed by atoms with Crippen molar-refractivity contribution < 1.29 is 28.7 Å². The maximum atomic E-state index is 12.3. The first kappa shape index (κ1) is 19.4. The summed E-state index contributed by atoms with van der Waals surface area (Å²) in [5.74, 6) is -1.94. The molecular formula is C17H14BrNO7. The monoisotopic (exact) mass is 423 g/mol. The number of ether oxygens (including phenoxy) is 3. The van der Waals surface area contributed by atoms with E-state index in [-0.39, 0.29) is 29.2 Å². The quantitative estimate of drug-likeness (QED) is 0.221. The van der Waals surface area contributed by atoms with Gasteiger partial charge in [-0.25, -0.2) is 9.59 Å². The SMILES string of the molecule is COC(=O)c1cc([N+](=O)[O-])cc(OC(=O)c2ccccc2)c1OCCBr. The Kier molecular flexibility index (Phi) is 6.67. The summed E-state index contributed by atoms with van der Waals surface area (Å²) in [6.45, 7) is 0.137. The van der Waals surface area contributed by atoms with Crippen molar-refractivity contribution in [2.75, 3.05) is 19.0 Å². The zero-order valence-electron chi connectivity index (χ0n) is 13.6. The average molecular weight is 424 g/mol. The van der Waals surface area contributed by atoms with Crippen molar-refractivity contribution in [1.29, 1.82) is 0 Å². The number of hydrogen-bond donors (Lipinski definition) is 0. The summed E-state index contributed by atoms with van der Waals surface area (Å²) in [7, 11) is 1.13. The lowest BCUT2D eigenvalue weighted by Crippen LogP contribution is -2.13. The van der Waals surface area contributed by atoms with Crippen molar-refractivity contribution in [3.63, 3.8) is 0 Å². The van der Waals surface area contributed by atoms with E-state index < -0.39 is 22.5 Å². The van der Waals surface area contributed by atoms with Crippen LogP contribution in [-0.2, 0) is 4.74 Å². The normalized spacial score (nSPS) is 10.1. The molecular weight excluding hydrogens is 410 g/mol. The fraction of sp³-hybridized carbons (Fsp3) is 0.176. The molecule has 0 spiro atoms. The third-order valence-electron chi connectivity index (χ3n) is 3.19. The number of nitro groups is 1. The van der Waals surface area contributed by atoms with E-state index in [0.29, 0.717) is 5.33 Å². The molecule has 2 aromatic rings. The Hall–Kier alpha value is -2.94. The second-order valence-electron chi connectivity index (χ2n) is 4.86. The number of carbonyl (C=O) groups is 2. The molecule has 0 aliphatic carbocycles. The van der Waals surface area contributed by atoms with Crippen molar-refractivity contribution >= 4 is 33.6 Å². The van der Waals surface area contributed by atoms with Gasteiger partial charge in [-0.2, -0.15) is 0 Å². The second kappa shape index (κ2) is 8.95. The third-order valence-corrected chi connectivity index (χ3v) is 3.52. The highest BCUT2D eigenvalue weighted by atomic mass is 79.9. The summed E-state index contributed by atoms with van der Waals surface area (Å²) in [6.07, 6.45) is 0. The van der Waals surface area contributed by atoms with Gasteiger partial charge in [-0.05, 0) is 12.1 Å². The molecule has 26 heavy (non-hydrogen) atoms. The highest BCUT2D eigenvalue weighted by molar-refractivity contribution is 9.09. The molecule has 0 amide bonds. The lowest BCUT2D eigenvalue weighted by Gasteiger charge is -2.14. The number of alkyl halides is 1. The number of nitrogens with zero attached hydrogens (tertiary/aromatic N) is 1. The smallest absolute Gasteiger partial charge is 0.343 e. The Bertz CT molecular complexity index is 823. The highest BCUT2D eigenvalue weighted by Crippen LogP contribution is 2.37. The zero-order chi connectivity index (χ0) is 19.1. The number of esters is 2. The standard InChI is InChI=1S/C17H14BrNO7/c1-24-17(21)13-9-12(19(22)23)10-14(15(13)25-8-7-18)26-16(20)11-5-3-2-4-6-11/h2-6,9-10H,7-8H2,1H3. The van der Waals surface area contributed by atoms with Gasteiger partial charge in [-0.1, -0.05) is 34.1 Å². The Morgan fingerprint density at radius 2 is 1.85 bits per heavy atom. The molecule has 0 radical (unpaired) electrons. The Morgan fingerprint density at radius 1 is 1.15 bits per heavy atom. The minimum Gasteiger partial charge on any atom is -0.488 e. The molecule has 8 nitrogen and oxygen atoms in total. The van der Waals surface area contributed by atoms with Crippen molar-refractivity contribution in [2.24, 2.45) is 0 Å². The minimum absolute atomic E-state index is 0.105. The van der Waals surface area contributed by atoms with Gasteiger partial charge in [-0.3, -0.25) is 10.1 Å². The van der Waals surface area contributed by atoms with Gasteiger partial charge in [0.25, 0.3) is 5.69 Å². The van der Waals surface area contributed by atoms with Crippen LogP contribution in [0.2, 0.25) is 0 Å². The fourth-order valence-corrected chi connectivity index (χ4v) is 2.21. The molecule has 0 aromatic heterocycles. The van der Waals surface area contributed by atoms with Crippen LogP contribution in [0.1, 0.15) is 20.7 Å². The van der Waals surface area contributed by atoms with Crippen LogP contribution in [0.25, 0.3) is 0 Å². The van der Waals surface area contributed by atoms with Gasteiger partial charge in [0, 0.05) is 11.4 Å². The Labute approximate surface area is 156 Å². The first-order valence-electron chi connectivity index (χ1n) is 7.34. The minimum atomic E-state index is -0.852. The summed E-state index contributed by atoms with van der Waals surface area (Å²) in [5.41, 5.74) is -0.406. The van der Waals surface area contributed by atoms with Crippen LogP contribution in [0.3, 0.4) is 0 Å². The van der Waals surface area contributed by atoms with E-state index in [9.17, 15) is 19.7 Å².